The maximum Gasteiger partial charge on any atom is 0.256 e. The van der Waals surface area contributed by atoms with E-state index in [9.17, 15) is 13.6 Å². The molecule has 0 aliphatic carbocycles. The van der Waals surface area contributed by atoms with Crippen molar-refractivity contribution in [3.05, 3.63) is 70.4 Å². The number of fused-ring (bicyclic) bond motifs is 1. The van der Waals surface area contributed by atoms with Crippen LogP contribution in [0.4, 0.5) is 8.78 Å². The molecule has 0 bridgehead atoms. The van der Waals surface area contributed by atoms with Gasteiger partial charge < -0.3 is 19.9 Å². The fraction of sp³-hybridized carbons (Fsp3) is 0.400. The van der Waals surface area contributed by atoms with E-state index in [0.29, 0.717) is 62.1 Å². The zero-order chi connectivity index (χ0) is 22.8. The Morgan fingerprint density at radius 3 is 2.62 bits per heavy atom. The number of carbonyl (C=O) groups is 1. The van der Waals surface area contributed by atoms with Gasteiger partial charge in [0, 0.05) is 44.9 Å². The van der Waals surface area contributed by atoms with E-state index < -0.39 is 0 Å². The lowest BCUT2D eigenvalue weighted by Crippen LogP contribution is -2.38. The highest BCUT2D eigenvalue weighted by Gasteiger charge is 2.28. The van der Waals surface area contributed by atoms with Crippen LogP contribution >= 0.6 is 0 Å². The molecular formula is C25H29F2N3O2. The Hall–Kier alpha value is -2.77. The molecule has 1 fully saturated rings. The molecule has 1 aliphatic rings. The molecule has 170 valence electrons. The molecule has 0 saturated carbocycles. The minimum atomic E-state index is -0.359. The topological polar surface area (TPSA) is 60.5 Å². The van der Waals surface area contributed by atoms with Gasteiger partial charge in [0.1, 0.15) is 11.6 Å². The highest BCUT2D eigenvalue weighted by Crippen LogP contribution is 2.33. The van der Waals surface area contributed by atoms with Gasteiger partial charge in [-0.25, -0.2) is 8.78 Å². The summed E-state index contributed by atoms with van der Waals surface area (Å²) in [5.41, 5.74) is 9.42. The zero-order valence-electron chi connectivity index (χ0n) is 18.5. The molecule has 0 atom stereocenters. The van der Waals surface area contributed by atoms with Gasteiger partial charge in [-0.3, -0.25) is 4.79 Å². The quantitative estimate of drug-likeness (QED) is 0.619. The molecular weight excluding hydrogens is 412 g/mol. The fourth-order valence-corrected chi connectivity index (χ4v) is 4.75. The second-order valence-corrected chi connectivity index (χ2v) is 8.47. The molecule has 2 heterocycles. The number of aromatic nitrogens is 1. The number of halogens is 2. The van der Waals surface area contributed by atoms with E-state index in [2.05, 4.69) is 0 Å². The van der Waals surface area contributed by atoms with Crippen molar-refractivity contribution < 1.29 is 18.3 Å². The van der Waals surface area contributed by atoms with Crippen molar-refractivity contribution in [2.24, 2.45) is 5.73 Å². The van der Waals surface area contributed by atoms with E-state index in [1.807, 2.05) is 17.6 Å². The van der Waals surface area contributed by atoms with Crippen LogP contribution in [0, 0.1) is 18.6 Å². The molecule has 32 heavy (non-hydrogen) atoms. The predicted octanol–water partition coefficient (Wildman–Crippen LogP) is 4.35. The minimum Gasteiger partial charge on any atom is -0.383 e. The first-order chi connectivity index (χ1) is 15.4. The molecule has 1 aliphatic heterocycles. The number of benzene rings is 2. The van der Waals surface area contributed by atoms with Crippen molar-refractivity contribution >= 4 is 16.8 Å². The van der Waals surface area contributed by atoms with Gasteiger partial charge in [-0.05, 0) is 60.6 Å². The van der Waals surface area contributed by atoms with Crippen LogP contribution in [-0.2, 0) is 17.8 Å². The smallest absolute Gasteiger partial charge is 0.256 e. The summed E-state index contributed by atoms with van der Waals surface area (Å²) in [7, 11) is 1.63. The lowest BCUT2D eigenvalue weighted by atomic mass is 9.88. The lowest BCUT2D eigenvalue weighted by molar-refractivity contribution is 0.0714. The number of nitrogens with zero attached hydrogens (tertiary/aromatic N) is 2. The predicted molar refractivity (Wildman–Crippen MR) is 121 cm³/mol. The second kappa shape index (κ2) is 9.38. The van der Waals surface area contributed by atoms with Crippen molar-refractivity contribution in [2.75, 3.05) is 26.8 Å². The summed E-state index contributed by atoms with van der Waals surface area (Å²) in [5.74, 6) is -0.652. The highest BCUT2D eigenvalue weighted by atomic mass is 19.1. The standard InChI is InChI=1S/C25H29F2N3O2/c1-16-11-19(26)13-21-22(15-30(24(16)21)9-10-32-2)25(31)29-7-5-18(6-8-29)20-12-17(14-28)3-4-23(20)27/h3-4,11-13,15,18H,5-10,14,28H2,1-2H3. The number of likely N-dealkylation sites (tertiary alicyclic amines) is 1. The van der Waals surface area contributed by atoms with Crippen molar-refractivity contribution in [3.63, 3.8) is 0 Å². The van der Waals surface area contributed by atoms with E-state index in [0.717, 1.165) is 16.6 Å². The number of methoxy groups -OCH3 is 1. The first kappa shape index (κ1) is 22.4. The summed E-state index contributed by atoms with van der Waals surface area (Å²) >= 11 is 0. The molecule has 1 saturated heterocycles. The number of piperidine rings is 1. The summed E-state index contributed by atoms with van der Waals surface area (Å²) in [4.78, 5) is 15.2. The molecule has 2 N–H and O–H groups in total. The number of hydrogen-bond acceptors (Lipinski definition) is 3. The third kappa shape index (κ3) is 4.27. The number of hydrogen-bond donors (Lipinski definition) is 1. The normalized spacial score (nSPS) is 15.0. The number of carbonyl (C=O) groups excluding carboxylic acids is 1. The third-order valence-electron chi connectivity index (χ3n) is 6.41. The van der Waals surface area contributed by atoms with Crippen molar-refractivity contribution in [3.8, 4) is 0 Å². The Morgan fingerprint density at radius 1 is 1.19 bits per heavy atom. The third-order valence-corrected chi connectivity index (χ3v) is 6.41. The Balaban J connectivity index is 1.57. The summed E-state index contributed by atoms with van der Waals surface area (Å²) in [6, 6.07) is 7.93. The Kier molecular flexibility index (Phi) is 6.58. The molecule has 0 radical (unpaired) electrons. The van der Waals surface area contributed by atoms with Crippen LogP contribution in [0.1, 0.15) is 45.8 Å². The maximum absolute atomic E-state index is 14.4. The SMILES string of the molecule is COCCn1cc(C(=O)N2CCC(c3cc(CN)ccc3F)CC2)c2cc(F)cc(C)c21. The van der Waals surface area contributed by atoms with E-state index >= 15 is 0 Å². The molecule has 7 heteroatoms. The first-order valence-electron chi connectivity index (χ1n) is 11.0. The minimum absolute atomic E-state index is 0.0493. The Labute approximate surface area is 186 Å². The fourth-order valence-electron chi connectivity index (χ4n) is 4.75. The second-order valence-electron chi connectivity index (χ2n) is 8.47. The van der Waals surface area contributed by atoms with Gasteiger partial charge in [-0.1, -0.05) is 12.1 Å². The van der Waals surface area contributed by atoms with Crippen LogP contribution in [0.15, 0.2) is 36.5 Å². The van der Waals surface area contributed by atoms with Crippen LogP contribution in [0.2, 0.25) is 0 Å². The summed E-state index contributed by atoms with van der Waals surface area (Å²) < 4.78 is 35.7. The van der Waals surface area contributed by atoms with Crippen molar-refractivity contribution in [2.45, 2.75) is 38.8 Å². The summed E-state index contributed by atoms with van der Waals surface area (Å²) in [6.07, 6.45) is 3.15. The molecule has 2 aromatic carbocycles. The number of amides is 1. The number of rotatable bonds is 6. The van der Waals surface area contributed by atoms with Gasteiger partial charge in [0.25, 0.3) is 5.91 Å². The van der Waals surface area contributed by atoms with Crippen molar-refractivity contribution in [1.82, 2.24) is 9.47 Å². The molecule has 0 unspecified atom stereocenters. The summed E-state index contributed by atoms with van der Waals surface area (Å²) in [5, 5.41) is 0.618. The molecule has 1 aromatic heterocycles. The first-order valence-corrected chi connectivity index (χ1v) is 11.0. The molecule has 0 spiro atoms. The largest absolute Gasteiger partial charge is 0.383 e. The van der Waals surface area contributed by atoms with Gasteiger partial charge in [0.05, 0.1) is 17.7 Å². The molecule has 4 rings (SSSR count). The average Bonchev–Trinajstić information content (AvgIpc) is 3.16. The van der Waals surface area contributed by atoms with Crippen LogP contribution in [0.5, 0.6) is 0 Å². The van der Waals surface area contributed by atoms with Gasteiger partial charge in [0.15, 0.2) is 0 Å². The van der Waals surface area contributed by atoms with Gasteiger partial charge >= 0.3 is 0 Å². The maximum atomic E-state index is 14.4. The number of aryl methyl sites for hydroxylation is 1. The van der Waals surface area contributed by atoms with E-state index in [1.165, 1.54) is 18.2 Å². The zero-order valence-corrected chi connectivity index (χ0v) is 18.5. The van der Waals surface area contributed by atoms with Gasteiger partial charge in [-0.2, -0.15) is 0 Å². The van der Waals surface area contributed by atoms with E-state index in [-0.39, 0.29) is 23.5 Å². The Bertz CT molecular complexity index is 1130. The Morgan fingerprint density at radius 2 is 1.94 bits per heavy atom. The van der Waals surface area contributed by atoms with Crippen molar-refractivity contribution in [1.29, 1.82) is 0 Å². The average molecular weight is 442 g/mol. The number of nitrogens with two attached hydrogens (primary N) is 1. The van der Waals surface area contributed by atoms with E-state index in [1.54, 1.807) is 24.3 Å². The van der Waals surface area contributed by atoms with Crippen LogP contribution in [-0.4, -0.2) is 42.2 Å². The lowest BCUT2D eigenvalue weighted by Gasteiger charge is -2.32. The molecule has 5 nitrogen and oxygen atoms in total. The molecule has 1 amide bonds. The summed E-state index contributed by atoms with van der Waals surface area (Å²) in [6.45, 7) is 4.33. The van der Waals surface area contributed by atoms with Crippen LogP contribution < -0.4 is 5.73 Å². The molecule has 3 aromatic rings. The highest BCUT2D eigenvalue weighted by molar-refractivity contribution is 6.07. The number of ether oxygens (including phenoxy) is 1. The van der Waals surface area contributed by atoms with Crippen LogP contribution in [0.3, 0.4) is 0 Å². The van der Waals surface area contributed by atoms with Gasteiger partial charge in [-0.15, -0.1) is 0 Å². The van der Waals surface area contributed by atoms with E-state index in [4.69, 9.17) is 10.5 Å². The van der Waals surface area contributed by atoms with Gasteiger partial charge in [0.2, 0.25) is 0 Å². The monoisotopic (exact) mass is 441 g/mol. The van der Waals surface area contributed by atoms with Crippen LogP contribution in [0.25, 0.3) is 10.9 Å².